The zero-order chi connectivity index (χ0) is 31.3. The van der Waals surface area contributed by atoms with Crippen LogP contribution in [-0.4, -0.2) is 39.3 Å². The van der Waals surface area contributed by atoms with Crippen molar-refractivity contribution in [1.29, 1.82) is 0 Å². The highest BCUT2D eigenvalue weighted by Gasteiger charge is 2.30. The molecule has 0 bridgehead atoms. The monoisotopic (exact) mass is 603 g/mol. The third-order valence-electron chi connectivity index (χ3n) is 6.53. The number of carbonyl (C=O) groups is 1. The molecular weight excluding hydrogens is 579 g/mol. The van der Waals surface area contributed by atoms with Crippen molar-refractivity contribution in [1.82, 2.24) is 14.8 Å². The van der Waals surface area contributed by atoms with Gasteiger partial charge in [-0.25, -0.2) is 4.68 Å². The fraction of sp³-hybridized carbons (Fsp3) is 0.129. The van der Waals surface area contributed by atoms with Crippen LogP contribution in [0.15, 0.2) is 97.1 Å². The Hall–Kier alpha value is -5.72. The number of hydrogen-bond acceptors (Lipinski definition) is 7. The van der Waals surface area contributed by atoms with Crippen LogP contribution in [0.4, 0.5) is 24.5 Å². The predicted octanol–water partition coefficient (Wildman–Crippen LogP) is 6.74. The molecule has 10 nitrogen and oxygen atoms in total. The maximum absolute atomic E-state index is 13.2. The molecule has 1 N–H and O–H groups in total. The predicted molar refractivity (Wildman–Crippen MR) is 155 cm³/mol. The second kappa shape index (κ2) is 12.7. The van der Waals surface area contributed by atoms with Crippen LogP contribution < -0.4 is 14.8 Å². The Labute approximate surface area is 248 Å². The lowest BCUT2D eigenvalue weighted by molar-refractivity contribution is -0.384. The molecule has 0 radical (unpaired) electrons. The van der Waals surface area contributed by atoms with Gasteiger partial charge in [0, 0.05) is 35.4 Å². The Bertz CT molecular complexity index is 1770. The first-order chi connectivity index (χ1) is 21.1. The van der Waals surface area contributed by atoms with Crippen LogP contribution in [0.3, 0.4) is 0 Å². The molecule has 44 heavy (non-hydrogen) atoms. The molecule has 0 unspecified atom stereocenters. The highest BCUT2D eigenvalue weighted by molar-refractivity contribution is 6.04. The molecule has 0 aliphatic heterocycles. The average Bonchev–Trinajstić information content (AvgIpc) is 3.45. The number of rotatable bonds is 10. The minimum Gasteiger partial charge on any atom is -0.497 e. The van der Waals surface area contributed by atoms with Crippen molar-refractivity contribution in [3.05, 3.63) is 124 Å². The summed E-state index contributed by atoms with van der Waals surface area (Å²) in [4.78, 5) is 27.6. The molecule has 1 amide bonds. The Kier molecular flexibility index (Phi) is 8.56. The van der Waals surface area contributed by atoms with E-state index in [0.717, 1.165) is 23.4 Å². The Morgan fingerprint density at radius 3 is 2.32 bits per heavy atom. The molecule has 0 aliphatic rings. The summed E-state index contributed by atoms with van der Waals surface area (Å²) in [7, 11) is 1.58. The van der Waals surface area contributed by atoms with Gasteiger partial charge >= 0.3 is 12.2 Å². The largest absolute Gasteiger partial charge is 0.497 e. The van der Waals surface area contributed by atoms with Gasteiger partial charge in [-0.05, 0) is 60.2 Å². The number of nitrogens with zero attached hydrogens (tertiary/aromatic N) is 4. The van der Waals surface area contributed by atoms with Gasteiger partial charge in [-0.1, -0.05) is 30.3 Å². The molecule has 13 heteroatoms. The number of methoxy groups -OCH3 is 1. The quantitative estimate of drug-likeness (QED) is 0.139. The summed E-state index contributed by atoms with van der Waals surface area (Å²) in [5.41, 5.74) is 1.42. The normalized spacial score (nSPS) is 11.2. The summed E-state index contributed by atoms with van der Waals surface area (Å²) < 4.78 is 52.0. The molecule has 0 fully saturated rings. The van der Waals surface area contributed by atoms with E-state index in [1.165, 1.54) is 41.1 Å². The van der Waals surface area contributed by atoms with E-state index in [-0.39, 0.29) is 29.7 Å². The number of hydrogen-bond donors (Lipinski definition) is 1. The van der Waals surface area contributed by atoms with E-state index < -0.39 is 22.6 Å². The van der Waals surface area contributed by atoms with Gasteiger partial charge < -0.3 is 14.8 Å². The molecule has 0 aliphatic carbocycles. The zero-order valence-corrected chi connectivity index (χ0v) is 23.1. The molecule has 4 aromatic carbocycles. The van der Waals surface area contributed by atoms with E-state index in [4.69, 9.17) is 9.47 Å². The van der Waals surface area contributed by atoms with Crippen molar-refractivity contribution >= 4 is 17.3 Å². The smallest absolute Gasteiger partial charge is 0.416 e. The third kappa shape index (κ3) is 7.01. The van der Waals surface area contributed by atoms with Crippen LogP contribution in [0.2, 0.25) is 0 Å². The summed E-state index contributed by atoms with van der Waals surface area (Å²) in [6, 6.07) is 23.7. The number of benzene rings is 4. The minimum absolute atomic E-state index is 0.00808. The fourth-order valence-corrected chi connectivity index (χ4v) is 4.24. The van der Waals surface area contributed by atoms with Crippen molar-refractivity contribution in [2.24, 2.45) is 0 Å². The Morgan fingerprint density at radius 1 is 0.977 bits per heavy atom. The lowest BCUT2D eigenvalue weighted by Crippen LogP contribution is -2.12. The van der Waals surface area contributed by atoms with E-state index >= 15 is 0 Å². The zero-order valence-electron chi connectivity index (χ0n) is 23.1. The first kappa shape index (κ1) is 29.8. The van der Waals surface area contributed by atoms with Crippen LogP contribution in [0.25, 0.3) is 17.1 Å². The molecule has 0 saturated heterocycles. The lowest BCUT2D eigenvalue weighted by atomic mass is 10.1. The summed E-state index contributed by atoms with van der Waals surface area (Å²) in [6.07, 6.45) is -3.96. The number of alkyl halides is 3. The SMILES string of the molecule is COc1ccc(CCOc2nc(-c3ccc(C(F)(F)F)cc3)n(-c3cccc(NC(=O)c4ccc([N+](=O)[O-])cc4)c3)n2)cc1. The Balaban J connectivity index is 1.41. The number of nitrogens with one attached hydrogen (secondary N) is 1. The number of ether oxygens (including phenoxy) is 2. The molecule has 0 saturated carbocycles. The number of nitro benzene ring substituents is 1. The standard InChI is InChI=1S/C31H24F3N5O5/c1-43-27-15-5-20(6-16-27)17-18-44-30-36-28(21-7-11-23(12-8-21)31(32,33)34)38(37-30)26-4-2-3-24(19-26)35-29(40)22-9-13-25(14-10-22)39(41)42/h2-16,19H,17-18H2,1H3,(H,35,40). The molecule has 0 spiro atoms. The highest BCUT2D eigenvalue weighted by atomic mass is 19.4. The summed E-state index contributed by atoms with van der Waals surface area (Å²) >= 11 is 0. The summed E-state index contributed by atoms with van der Waals surface area (Å²) in [5, 5.41) is 18.1. The maximum Gasteiger partial charge on any atom is 0.416 e. The van der Waals surface area contributed by atoms with Crippen LogP contribution in [-0.2, 0) is 12.6 Å². The average molecular weight is 604 g/mol. The minimum atomic E-state index is -4.50. The number of aromatic nitrogens is 3. The van der Waals surface area contributed by atoms with Gasteiger partial charge in [-0.15, -0.1) is 5.10 Å². The van der Waals surface area contributed by atoms with Gasteiger partial charge in [0.2, 0.25) is 0 Å². The fourth-order valence-electron chi connectivity index (χ4n) is 4.24. The van der Waals surface area contributed by atoms with Crippen molar-refractivity contribution in [3.63, 3.8) is 0 Å². The van der Waals surface area contributed by atoms with E-state index in [0.29, 0.717) is 23.4 Å². The molecule has 1 heterocycles. The topological polar surface area (TPSA) is 121 Å². The molecule has 5 rings (SSSR count). The first-order valence-corrected chi connectivity index (χ1v) is 13.2. The van der Waals surface area contributed by atoms with E-state index in [2.05, 4.69) is 15.4 Å². The Morgan fingerprint density at radius 2 is 1.68 bits per heavy atom. The van der Waals surface area contributed by atoms with Gasteiger partial charge in [-0.2, -0.15) is 18.2 Å². The number of carbonyl (C=O) groups excluding carboxylic acids is 1. The second-order valence-electron chi connectivity index (χ2n) is 9.46. The molecule has 1 aromatic heterocycles. The maximum atomic E-state index is 13.2. The second-order valence-corrected chi connectivity index (χ2v) is 9.46. The number of non-ortho nitro benzene ring substituents is 1. The number of nitro groups is 1. The molecule has 5 aromatic rings. The van der Waals surface area contributed by atoms with E-state index in [1.54, 1.807) is 31.4 Å². The van der Waals surface area contributed by atoms with Gasteiger partial charge in [-0.3, -0.25) is 14.9 Å². The van der Waals surface area contributed by atoms with Gasteiger partial charge in [0.1, 0.15) is 5.75 Å². The van der Waals surface area contributed by atoms with Crippen molar-refractivity contribution in [2.45, 2.75) is 12.6 Å². The van der Waals surface area contributed by atoms with Crippen molar-refractivity contribution < 1.29 is 32.4 Å². The van der Waals surface area contributed by atoms with Crippen LogP contribution >= 0.6 is 0 Å². The number of amides is 1. The summed E-state index contributed by atoms with van der Waals surface area (Å²) in [5.74, 6) is 0.445. The van der Waals surface area contributed by atoms with Gasteiger partial charge in [0.15, 0.2) is 5.82 Å². The van der Waals surface area contributed by atoms with Crippen molar-refractivity contribution in [2.75, 3.05) is 19.0 Å². The highest BCUT2D eigenvalue weighted by Crippen LogP contribution is 2.32. The first-order valence-electron chi connectivity index (χ1n) is 13.2. The number of halogens is 3. The number of anilines is 1. The molecule has 0 atom stereocenters. The van der Waals surface area contributed by atoms with E-state index in [9.17, 15) is 28.1 Å². The van der Waals surface area contributed by atoms with Crippen LogP contribution in [0.5, 0.6) is 11.8 Å². The third-order valence-corrected chi connectivity index (χ3v) is 6.53. The van der Waals surface area contributed by atoms with Crippen LogP contribution in [0, 0.1) is 10.1 Å². The van der Waals surface area contributed by atoms with E-state index in [1.807, 2.05) is 24.3 Å². The summed E-state index contributed by atoms with van der Waals surface area (Å²) in [6.45, 7) is 0.230. The van der Waals surface area contributed by atoms with Crippen LogP contribution in [0.1, 0.15) is 21.5 Å². The van der Waals surface area contributed by atoms with Crippen molar-refractivity contribution in [3.8, 4) is 28.8 Å². The molecule has 224 valence electrons. The molecular formula is C31H24F3N5O5. The van der Waals surface area contributed by atoms with Gasteiger partial charge in [0.05, 0.1) is 29.9 Å². The van der Waals surface area contributed by atoms with Gasteiger partial charge in [0.25, 0.3) is 11.6 Å². The lowest BCUT2D eigenvalue weighted by Gasteiger charge is -2.10.